The topological polar surface area (TPSA) is 99.4 Å². The number of nitrogens with one attached hydrogen (secondary N) is 1. The quantitative estimate of drug-likeness (QED) is 0.766. The van der Waals surface area contributed by atoms with Crippen molar-refractivity contribution >= 4 is 11.9 Å². The number of rotatable bonds is 8. The molecule has 0 bridgehead atoms. The van der Waals surface area contributed by atoms with Crippen LogP contribution < -0.4 is 5.32 Å². The third kappa shape index (κ3) is 6.09. The van der Waals surface area contributed by atoms with Gasteiger partial charge in [0, 0.05) is 6.42 Å². The molecule has 0 saturated heterocycles. The van der Waals surface area contributed by atoms with Crippen molar-refractivity contribution in [1.82, 2.24) is 5.32 Å². The van der Waals surface area contributed by atoms with Gasteiger partial charge in [-0.15, -0.1) is 0 Å². The summed E-state index contributed by atoms with van der Waals surface area (Å²) in [6.07, 6.45) is 0.130. The molecule has 0 aliphatic rings. The monoisotopic (exact) mass is 338 g/mol. The zero-order chi connectivity index (χ0) is 18.1. The van der Waals surface area contributed by atoms with Gasteiger partial charge >= 0.3 is 5.97 Å². The molecule has 1 atom stereocenters. The first-order chi connectivity index (χ1) is 12.1. The number of ether oxygens (including phenoxy) is 1. The molecule has 0 unspecified atom stereocenters. The summed E-state index contributed by atoms with van der Waals surface area (Å²) in [4.78, 5) is 23.2. The molecule has 0 heterocycles. The second-order valence-corrected chi connectivity index (χ2v) is 5.45. The molecule has 0 aliphatic carbocycles. The normalized spacial score (nSPS) is 11.3. The first kappa shape index (κ1) is 18.2. The number of carbonyl (C=O) groups is 2. The van der Waals surface area contributed by atoms with Gasteiger partial charge < -0.3 is 15.2 Å². The zero-order valence-electron chi connectivity index (χ0n) is 13.5. The van der Waals surface area contributed by atoms with Crippen molar-refractivity contribution < 1.29 is 19.4 Å². The minimum absolute atomic E-state index is 0.130. The lowest BCUT2D eigenvalue weighted by Gasteiger charge is -2.15. The summed E-state index contributed by atoms with van der Waals surface area (Å²) in [5, 5.41) is 20.5. The Kier molecular flexibility index (Phi) is 6.69. The van der Waals surface area contributed by atoms with Crippen molar-refractivity contribution in [2.24, 2.45) is 0 Å². The van der Waals surface area contributed by atoms with Gasteiger partial charge in [0.2, 0.25) is 5.91 Å². The minimum atomic E-state index is -1.12. The van der Waals surface area contributed by atoms with E-state index in [1.54, 1.807) is 24.3 Å². The molecule has 1 amide bonds. The second-order valence-electron chi connectivity index (χ2n) is 5.45. The first-order valence-electron chi connectivity index (χ1n) is 7.71. The molecule has 25 heavy (non-hydrogen) atoms. The van der Waals surface area contributed by atoms with Crippen LogP contribution in [0.3, 0.4) is 0 Å². The number of carboxylic acid groups (broad SMARTS) is 1. The standard InChI is InChI=1S/C19H18N2O4/c20-11-15-8-6-14(7-9-15)10-17(19(23)24)21-18(22)13-25-12-16-4-2-1-3-5-16/h1-9,17H,10,12-13H2,(H,21,22)(H,23,24)/t17-/m1/s1. The largest absolute Gasteiger partial charge is 0.480 e. The molecule has 0 aromatic heterocycles. The van der Waals surface area contributed by atoms with Crippen LogP contribution in [0.5, 0.6) is 0 Å². The van der Waals surface area contributed by atoms with Gasteiger partial charge in [0.05, 0.1) is 18.2 Å². The first-order valence-corrected chi connectivity index (χ1v) is 7.71. The van der Waals surface area contributed by atoms with Gasteiger partial charge in [-0.25, -0.2) is 4.79 Å². The minimum Gasteiger partial charge on any atom is -0.480 e. The molecule has 2 rings (SSSR count). The van der Waals surface area contributed by atoms with Gasteiger partial charge in [0.1, 0.15) is 12.6 Å². The van der Waals surface area contributed by atoms with Gasteiger partial charge in [-0.1, -0.05) is 42.5 Å². The number of nitrogens with zero attached hydrogens (tertiary/aromatic N) is 1. The molecule has 2 N–H and O–H groups in total. The summed E-state index contributed by atoms with van der Waals surface area (Å²) in [6.45, 7) is 0.0632. The van der Waals surface area contributed by atoms with Gasteiger partial charge in [0.25, 0.3) is 0 Å². The number of carboxylic acids is 1. The van der Waals surface area contributed by atoms with Crippen LogP contribution in [0.1, 0.15) is 16.7 Å². The van der Waals surface area contributed by atoms with Gasteiger partial charge in [0.15, 0.2) is 0 Å². The highest BCUT2D eigenvalue weighted by molar-refractivity contribution is 5.84. The SMILES string of the molecule is N#Cc1ccc(C[C@@H](NC(=O)COCc2ccccc2)C(=O)O)cc1. The Bertz CT molecular complexity index is 751. The van der Waals surface area contributed by atoms with Crippen LogP contribution in [0.25, 0.3) is 0 Å². The van der Waals surface area contributed by atoms with E-state index in [2.05, 4.69) is 5.32 Å². The Balaban J connectivity index is 1.84. The van der Waals surface area contributed by atoms with Gasteiger partial charge in [-0.2, -0.15) is 5.26 Å². The van der Waals surface area contributed by atoms with E-state index in [1.807, 2.05) is 36.4 Å². The fourth-order valence-electron chi connectivity index (χ4n) is 2.22. The predicted molar refractivity (Wildman–Crippen MR) is 90.5 cm³/mol. The van der Waals surface area contributed by atoms with Crippen LogP contribution in [-0.2, 0) is 27.4 Å². The number of benzene rings is 2. The van der Waals surface area contributed by atoms with Crippen molar-refractivity contribution in [2.45, 2.75) is 19.1 Å². The van der Waals surface area contributed by atoms with Crippen molar-refractivity contribution in [2.75, 3.05) is 6.61 Å². The lowest BCUT2D eigenvalue weighted by molar-refractivity contribution is -0.142. The molecule has 2 aromatic carbocycles. The Hall–Kier alpha value is -3.17. The third-order valence-corrected chi connectivity index (χ3v) is 3.50. The van der Waals surface area contributed by atoms with Crippen LogP contribution >= 0.6 is 0 Å². The molecule has 0 saturated carbocycles. The van der Waals surface area contributed by atoms with E-state index in [4.69, 9.17) is 10.00 Å². The van der Waals surface area contributed by atoms with Crippen LogP contribution in [0.4, 0.5) is 0 Å². The van der Waals surface area contributed by atoms with Gasteiger partial charge in [-0.05, 0) is 23.3 Å². The number of hydrogen-bond acceptors (Lipinski definition) is 4. The third-order valence-electron chi connectivity index (χ3n) is 3.50. The Morgan fingerprint density at radius 3 is 2.36 bits per heavy atom. The zero-order valence-corrected chi connectivity index (χ0v) is 13.5. The molecule has 0 fully saturated rings. The molecule has 0 radical (unpaired) electrons. The van der Waals surface area contributed by atoms with Gasteiger partial charge in [-0.3, -0.25) is 4.79 Å². The van der Waals surface area contributed by atoms with E-state index in [0.717, 1.165) is 11.1 Å². The van der Waals surface area contributed by atoms with E-state index in [1.165, 1.54) is 0 Å². The molecule has 128 valence electrons. The smallest absolute Gasteiger partial charge is 0.326 e. The molecular weight excluding hydrogens is 320 g/mol. The van der Waals surface area contributed by atoms with E-state index in [-0.39, 0.29) is 19.6 Å². The van der Waals surface area contributed by atoms with E-state index in [9.17, 15) is 14.7 Å². The maximum atomic E-state index is 11.9. The molecule has 0 aliphatic heterocycles. The fraction of sp³-hybridized carbons (Fsp3) is 0.211. The van der Waals surface area contributed by atoms with Crippen LogP contribution in [0, 0.1) is 11.3 Å². The maximum Gasteiger partial charge on any atom is 0.326 e. The predicted octanol–water partition coefficient (Wildman–Crippen LogP) is 1.89. The Labute approximate surface area is 145 Å². The van der Waals surface area contributed by atoms with Crippen molar-refractivity contribution in [1.29, 1.82) is 5.26 Å². The van der Waals surface area contributed by atoms with Crippen molar-refractivity contribution in [3.63, 3.8) is 0 Å². The second kappa shape index (κ2) is 9.21. The summed E-state index contributed by atoms with van der Waals surface area (Å²) in [5.74, 6) is -1.61. The van der Waals surface area contributed by atoms with Crippen LogP contribution in [0.2, 0.25) is 0 Å². The summed E-state index contributed by atoms with van der Waals surface area (Å²) in [6, 6.07) is 16.9. The number of aliphatic carboxylic acids is 1. The molecule has 0 spiro atoms. The van der Waals surface area contributed by atoms with Crippen LogP contribution in [-0.4, -0.2) is 29.6 Å². The van der Waals surface area contributed by atoms with E-state index < -0.39 is 17.9 Å². The Morgan fingerprint density at radius 1 is 1.08 bits per heavy atom. The lowest BCUT2D eigenvalue weighted by atomic mass is 10.0. The summed E-state index contributed by atoms with van der Waals surface area (Å²) in [7, 11) is 0. The molecule has 2 aromatic rings. The maximum absolute atomic E-state index is 11.9. The summed E-state index contributed by atoms with van der Waals surface area (Å²) in [5.41, 5.74) is 2.15. The number of nitriles is 1. The number of carbonyl (C=O) groups excluding carboxylic acids is 1. The highest BCUT2D eigenvalue weighted by Crippen LogP contribution is 2.07. The molecule has 6 nitrogen and oxygen atoms in total. The van der Waals surface area contributed by atoms with E-state index >= 15 is 0 Å². The Morgan fingerprint density at radius 2 is 1.76 bits per heavy atom. The van der Waals surface area contributed by atoms with E-state index in [0.29, 0.717) is 5.56 Å². The average molecular weight is 338 g/mol. The molecule has 6 heteroatoms. The van der Waals surface area contributed by atoms with Crippen molar-refractivity contribution in [3.05, 3.63) is 71.3 Å². The fourth-order valence-corrected chi connectivity index (χ4v) is 2.22. The number of hydrogen-bond donors (Lipinski definition) is 2. The highest BCUT2D eigenvalue weighted by Gasteiger charge is 2.20. The summed E-state index contributed by atoms with van der Waals surface area (Å²) >= 11 is 0. The molecular formula is C19H18N2O4. The average Bonchev–Trinajstić information content (AvgIpc) is 2.62. The number of amides is 1. The highest BCUT2D eigenvalue weighted by atomic mass is 16.5. The van der Waals surface area contributed by atoms with Crippen LogP contribution in [0.15, 0.2) is 54.6 Å². The van der Waals surface area contributed by atoms with Crippen molar-refractivity contribution in [3.8, 4) is 6.07 Å². The summed E-state index contributed by atoms with van der Waals surface area (Å²) < 4.78 is 5.30. The lowest BCUT2D eigenvalue weighted by Crippen LogP contribution is -2.43.